The quantitative estimate of drug-likeness (QED) is 0.877. The first-order valence-corrected chi connectivity index (χ1v) is 8.10. The van der Waals surface area contributed by atoms with Crippen LogP contribution in [0.15, 0.2) is 33.7 Å². The van der Waals surface area contributed by atoms with Crippen LogP contribution in [0.5, 0.6) is 0 Å². The molecule has 0 unspecified atom stereocenters. The molecule has 21 heavy (non-hydrogen) atoms. The first kappa shape index (κ1) is 15.8. The Labute approximate surface area is 125 Å². The van der Waals surface area contributed by atoms with Crippen molar-refractivity contribution in [3.05, 3.63) is 41.6 Å². The lowest BCUT2D eigenvalue weighted by atomic mass is 10.4. The van der Waals surface area contributed by atoms with E-state index < -0.39 is 10.0 Å². The lowest BCUT2D eigenvalue weighted by molar-refractivity contribution is 0.397. The van der Waals surface area contributed by atoms with E-state index in [2.05, 4.69) is 5.32 Å². The van der Waals surface area contributed by atoms with Crippen molar-refractivity contribution in [2.45, 2.75) is 24.9 Å². The van der Waals surface area contributed by atoms with Gasteiger partial charge in [-0.3, -0.25) is 0 Å². The summed E-state index contributed by atoms with van der Waals surface area (Å²) in [6.45, 7) is 2.67. The molecule has 0 bridgehead atoms. The van der Waals surface area contributed by atoms with Crippen molar-refractivity contribution < 1.29 is 12.8 Å². The standard InChI is InChI=1S/C14H21N3O3S/c1-11-5-6-13(20-11)9-17(4)21(18,19)14-7-12(8-15-2)16(3)10-14/h5-7,10,15H,8-9H2,1-4H3. The van der Waals surface area contributed by atoms with Gasteiger partial charge >= 0.3 is 0 Å². The number of furan rings is 1. The minimum Gasteiger partial charge on any atom is -0.465 e. The number of hydrogen-bond donors (Lipinski definition) is 1. The van der Waals surface area contributed by atoms with Gasteiger partial charge in [0.15, 0.2) is 0 Å². The maximum Gasteiger partial charge on any atom is 0.244 e. The van der Waals surface area contributed by atoms with Gasteiger partial charge in [0.2, 0.25) is 10.0 Å². The van der Waals surface area contributed by atoms with Crippen molar-refractivity contribution in [2.75, 3.05) is 14.1 Å². The summed E-state index contributed by atoms with van der Waals surface area (Å²) in [5.41, 5.74) is 0.915. The molecule has 0 saturated heterocycles. The second-order valence-corrected chi connectivity index (χ2v) is 7.13. The molecule has 0 aliphatic carbocycles. The van der Waals surface area contributed by atoms with Crippen molar-refractivity contribution in [1.29, 1.82) is 0 Å². The highest BCUT2D eigenvalue weighted by atomic mass is 32.2. The van der Waals surface area contributed by atoms with E-state index in [0.29, 0.717) is 17.2 Å². The minimum absolute atomic E-state index is 0.215. The van der Waals surface area contributed by atoms with E-state index in [4.69, 9.17) is 4.42 Å². The molecule has 0 atom stereocenters. The van der Waals surface area contributed by atoms with Crippen LogP contribution >= 0.6 is 0 Å². The molecule has 116 valence electrons. The predicted octanol–water partition coefficient (Wildman–Crippen LogP) is 1.47. The molecule has 0 aliphatic rings. The van der Waals surface area contributed by atoms with Crippen LogP contribution in [0.4, 0.5) is 0 Å². The summed E-state index contributed by atoms with van der Waals surface area (Å²) in [4.78, 5) is 0.293. The molecule has 2 heterocycles. The fraction of sp³-hybridized carbons (Fsp3) is 0.429. The largest absolute Gasteiger partial charge is 0.465 e. The van der Waals surface area contributed by atoms with E-state index in [9.17, 15) is 8.42 Å². The number of nitrogens with one attached hydrogen (secondary N) is 1. The molecule has 2 aromatic heterocycles. The van der Waals surface area contributed by atoms with Gasteiger partial charge in [0.25, 0.3) is 0 Å². The van der Waals surface area contributed by atoms with Crippen molar-refractivity contribution >= 4 is 10.0 Å². The molecule has 1 N–H and O–H groups in total. The van der Waals surface area contributed by atoms with Gasteiger partial charge in [-0.25, -0.2) is 8.42 Å². The van der Waals surface area contributed by atoms with Crippen LogP contribution in [0, 0.1) is 6.92 Å². The summed E-state index contributed by atoms with van der Waals surface area (Å²) in [7, 11) is 1.69. The molecule has 7 heteroatoms. The van der Waals surface area contributed by atoms with Crippen LogP contribution in [0.3, 0.4) is 0 Å². The molecule has 0 aliphatic heterocycles. The number of aryl methyl sites for hydroxylation is 2. The highest BCUT2D eigenvalue weighted by Gasteiger charge is 2.24. The van der Waals surface area contributed by atoms with Crippen LogP contribution < -0.4 is 5.32 Å². The zero-order valence-corrected chi connectivity index (χ0v) is 13.6. The highest BCUT2D eigenvalue weighted by molar-refractivity contribution is 7.89. The van der Waals surface area contributed by atoms with Gasteiger partial charge in [-0.15, -0.1) is 0 Å². The van der Waals surface area contributed by atoms with Gasteiger partial charge in [0, 0.05) is 32.5 Å². The number of hydrogen-bond acceptors (Lipinski definition) is 4. The summed E-state index contributed by atoms with van der Waals surface area (Å²) in [6.07, 6.45) is 1.63. The van der Waals surface area contributed by atoms with E-state index in [1.807, 2.05) is 31.7 Å². The molecular weight excluding hydrogens is 290 g/mol. The Morgan fingerprint density at radius 3 is 2.67 bits per heavy atom. The zero-order valence-electron chi connectivity index (χ0n) is 12.8. The van der Waals surface area contributed by atoms with Gasteiger partial charge in [-0.2, -0.15) is 4.31 Å². The summed E-state index contributed by atoms with van der Waals surface area (Å²) < 4.78 is 33.7. The molecule has 2 aromatic rings. The Kier molecular flexibility index (Phi) is 4.55. The van der Waals surface area contributed by atoms with Crippen LogP contribution in [0.1, 0.15) is 17.2 Å². The lowest BCUT2D eigenvalue weighted by Gasteiger charge is -2.14. The molecule has 0 aromatic carbocycles. The third kappa shape index (κ3) is 3.37. The van der Waals surface area contributed by atoms with Gasteiger partial charge in [0.05, 0.1) is 6.54 Å². The Balaban J connectivity index is 2.22. The fourth-order valence-corrected chi connectivity index (χ4v) is 3.36. The Bertz CT molecular complexity index is 716. The van der Waals surface area contributed by atoms with E-state index in [1.165, 1.54) is 4.31 Å². The SMILES string of the molecule is CNCc1cc(S(=O)(=O)N(C)Cc2ccc(C)o2)cn1C. The summed E-state index contributed by atoms with van der Waals surface area (Å²) in [5.74, 6) is 1.40. The second-order valence-electron chi connectivity index (χ2n) is 5.08. The van der Waals surface area contributed by atoms with Crippen molar-refractivity contribution in [3.63, 3.8) is 0 Å². The number of aromatic nitrogens is 1. The number of nitrogens with zero attached hydrogens (tertiary/aromatic N) is 2. The van der Waals surface area contributed by atoms with Crippen molar-refractivity contribution in [1.82, 2.24) is 14.2 Å². The first-order valence-electron chi connectivity index (χ1n) is 6.66. The normalized spacial score (nSPS) is 12.2. The van der Waals surface area contributed by atoms with Gasteiger partial charge in [-0.05, 0) is 32.2 Å². The average Bonchev–Trinajstić information content (AvgIpc) is 2.97. The van der Waals surface area contributed by atoms with E-state index in [-0.39, 0.29) is 6.54 Å². The summed E-state index contributed by atoms with van der Waals surface area (Å²) >= 11 is 0. The molecule has 6 nitrogen and oxygen atoms in total. The van der Waals surface area contributed by atoms with Crippen LogP contribution in [0.25, 0.3) is 0 Å². The highest BCUT2D eigenvalue weighted by Crippen LogP contribution is 2.20. The monoisotopic (exact) mass is 311 g/mol. The molecule has 0 fully saturated rings. The maximum absolute atomic E-state index is 12.6. The topological polar surface area (TPSA) is 67.5 Å². The first-order chi connectivity index (χ1) is 9.84. The molecule has 2 rings (SSSR count). The smallest absolute Gasteiger partial charge is 0.244 e. The summed E-state index contributed by atoms with van der Waals surface area (Å²) in [6, 6.07) is 5.30. The van der Waals surface area contributed by atoms with E-state index >= 15 is 0 Å². The molecular formula is C14H21N3O3S. The molecule has 0 amide bonds. The van der Waals surface area contributed by atoms with Crippen LogP contribution in [-0.2, 0) is 30.2 Å². The third-order valence-electron chi connectivity index (χ3n) is 3.32. The average molecular weight is 311 g/mol. The fourth-order valence-electron chi connectivity index (χ4n) is 2.13. The zero-order chi connectivity index (χ0) is 15.6. The lowest BCUT2D eigenvalue weighted by Crippen LogP contribution is -2.26. The van der Waals surface area contributed by atoms with Crippen LogP contribution in [0.2, 0.25) is 0 Å². The second kappa shape index (κ2) is 6.05. The number of sulfonamides is 1. The molecule has 0 radical (unpaired) electrons. The van der Waals surface area contributed by atoms with E-state index in [1.54, 1.807) is 25.4 Å². The Hall–Kier alpha value is -1.57. The summed E-state index contributed by atoms with van der Waals surface area (Å²) in [5, 5.41) is 3.02. The number of rotatable bonds is 6. The van der Waals surface area contributed by atoms with Gasteiger partial charge in [0.1, 0.15) is 16.4 Å². The van der Waals surface area contributed by atoms with Crippen molar-refractivity contribution in [3.8, 4) is 0 Å². The Morgan fingerprint density at radius 1 is 1.38 bits per heavy atom. The van der Waals surface area contributed by atoms with Gasteiger partial charge in [-0.1, -0.05) is 0 Å². The molecule has 0 spiro atoms. The van der Waals surface area contributed by atoms with Crippen molar-refractivity contribution in [2.24, 2.45) is 7.05 Å². The van der Waals surface area contributed by atoms with E-state index in [0.717, 1.165) is 11.5 Å². The Morgan fingerprint density at radius 2 is 2.10 bits per heavy atom. The maximum atomic E-state index is 12.6. The minimum atomic E-state index is -3.52. The molecule has 0 saturated carbocycles. The van der Waals surface area contributed by atoms with Gasteiger partial charge < -0.3 is 14.3 Å². The third-order valence-corrected chi connectivity index (χ3v) is 5.09. The van der Waals surface area contributed by atoms with Crippen LogP contribution in [-0.4, -0.2) is 31.4 Å². The predicted molar refractivity (Wildman–Crippen MR) is 80.3 cm³/mol.